The topological polar surface area (TPSA) is 116 Å². The fraction of sp³-hybridized carbons (Fsp3) is 0.545. The summed E-state index contributed by atoms with van der Waals surface area (Å²) >= 11 is 0. The van der Waals surface area contributed by atoms with E-state index in [9.17, 15) is 33.1 Å². The lowest BCUT2D eigenvalue weighted by molar-refractivity contribution is -0.143. The van der Waals surface area contributed by atoms with Gasteiger partial charge in [0.15, 0.2) is 11.6 Å². The van der Waals surface area contributed by atoms with Gasteiger partial charge in [-0.25, -0.2) is 13.6 Å². The highest BCUT2D eigenvalue weighted by atomic mass is 19.2. The van der Waals surface area contributed by atoms with Gasteiger partial charge in [-0.2, -0.15) is 0 Å². The summed E-state index contributed by atoms with van der Waals surface area (Å²) in [6, 6.07) is 2.27. The van der Waals surface area contributed by atoms with Gasteiger partial charge >= 0.3 is 5.97 Å². The number of nitrogens with zero attached hydrogens (tertiary/aromatic N) is 1. The number of amides is 3. The van der Waals surface area contributed by atoms with Crippen molar-refractivity contribution in [3.63, 3.8) is 0 Å². The van der Waals surface area contributed by atoms with E-state index in [0.717, 1.165) is 6.07 Å². The van der Waals surface area contributed by atoms with Gasteiger partial charge in [-0.15, -0.1) is 0 Å². The maximum atomic E-state index is 14.0. The van der Waals surface area contributed by atoms with Crippen molar-refractivity contribution in [3.8, 4) is 0 Å². The molecular weight excluding hydrogens is 424 g/mol. The van der Waals surface area contributed by atoms with Crippen LogP contribution in [0.1, 0.15) is 51.5 Å². The zero-order valence-corrected chi connectivity index (χ0v) is 18.0. The van der Waals surface area contributed by atoms with Crippen LogP contribution in [0.4, 0.5) is 8.78 Å². The van der Waals surface area contributed by atoms with Gasteiger partial charge in [0.2, 0.25) is 17.7 Å². The smallest absolute Gasteiger partial charge is 0.329 e. The number of likely N-dealkylation sites (tertiary alicyclic amines) is 1. The van der Waals surface area contributed by atoms with Crippen molar-refractivity contribution in [2.24, 2.45) is 5.92 Å². The lowest BCUT2D eigenvalue weighted by Crippen LogP contribution is -2.55. The Labute approximate surface area is 184 Å². The van der Waals surface area contributed by atoms with E-state index in [-0.39, 0.29) is 36.8 Å². The van der Waals surface area contributed by atoms with Crippen LogP contribution in [0.15, 0.2) is 18.2 Å². The molecule has 0 aromatic heterocycles. The van der Waals surface area contributed by atoms with Crippen molar-refractivity contribution in [1.82, 2.24) is 15.5 Å². The molecule has 2 atom stereocenters. The average molecular weight is 451 g/mol. The second kappa shape index (κ2) is 9.22. The van der Waals surface area contributed by atoms with Crippen molar-refractivity contribution in [2.75, 3.05) is 0 Å². The van der Waals surface area contributed by atoms with E-state index >= 15 is 0 Å². The van der Waals surface area contributed by atoms with E-state index in [1.165, 1.54) is 17.0 Å². The number of nitrogens with one attached hydrogen (secondary N) is 2. The molecular formula is C22H27F2N3O5. The van der Waals surface area contributed by atoms with Crippen LogP contribution in [-0.2, 0) is 25.7 Å². The number of carboxylic acids is 1. The molecule has 1 saturated carbocycles. The Hall–Kier alpha value is -3.04. The van der Waals surface area contributed by atoms with Gasteiger partial charge in [0.05, 0.1) is 0 Å². The van der Waals surface area contributed by atoms with E-state index in [1.807, 2.05) is 0 Å². The van der Waals surface area contributed by atoms with Crippen LogP contribution in [0.2, 0.25) is 0 Å². The summed E-state index contributed by atoms with van der Waals surface area (Å²) in [6.45, 7) is 3.29. The summed E-state index contributed by atoms with van der Waals surface area (Å²) in [5.74, 6) is -4.77. The molecule has 2 fully saturated rings. The molecule has 0 radical (unpaired) electrons. The molecule has 3 N–H and O–H groups in total. The van der Waals surface area contributed by atoms with Crippen LogP contribution in [0.5, 0.6) is 0 Å². The van der Waals surface area contributed by atoms with Crippen molar-refractivity contribution < 1.29 is 33.1 Å². The zero-order valence-electron chi connectivity index (χ0n) is 18.0. The average Bonchev–Trinajstić information content (AvgIpc) is 3.43. The van der Waals surface area contributed by atoms with Gasteiger partial charge in [-0.1, -0.05) is 26.0 Å². The standard InChI is InChI=1S/C22H27F2N3O5/c1-12(2)19(20(30)26-22(8-9-22)21(31)32)25-16(28)10-14-6-7-17(29)27(14)11-13-4-3-5-15(23)18(13)24/h3-5,12,14,19H,6-11H2,1-2H3,(H,25,28)(H,26,30)(H,31,32)/t14-,19-/m0/s1. The molecule has 0 unspecified atom stereocenters. The third kappa shape index (κ3) is 5.05. The summed E-state index contributed by atoms with van der Waals surface area (Å²) in [6.07, 6.45) is 1.13. The number of hydrogen-bond acceptors (Lipinski definition) is 4. The third-order valence-electron chi connectivity index (χ3n) is 6.03. The molecule has 2 aliphatic rings. The van der Waals surface area contributed by atoms with Crippen molar-refractivity contribution in [2.45, 2.75) is 70.1 Å². The number of rotatable bonds is 9. The van der Waals surface area contributed by atoms with Crippen LogP contribution in [0, 0.1) is 17.6 Å². The molecule has 174 valence electrons. The second-order valence-electron chi connectivity index (χ2n) is 8.80. The van der Waals surface area contributed by atoms with Gasteiger partial charge in [-0.05, 0) is 31.2 Å². The lowest BCUT2D eigenvalue weighted by atomic mass is 10.0. The highest BCUT2D eigenvalue weighted by Gasteiger charge is 2.52. The molecule has 8 nitrogen and oxygen atoms in total. The predicted molar refractivity (Wildman–Crippen MR) is 109 cm³/mol. The van der Waals surface area contributed by atoms with Crippen LogP contribution >= 0.6 is 0 Å². The van der Waals surface area contributed by atoms with Gasteiger partial charge in [0.1, 0.15) is 11.6 Å². The van der Waals surface area contributed by atoms with Gasteiger partial charge in [0.25, 0.3) is 0 Å². The molecule has 3 rings (SSSR count). The second-order valence-corrected chi connectivity index (χ2v) is 8.80. The highest BCUT2D eigenvalue weighted by molar-refractivity contribution is 5.94. The summed E-state index contributed by atoms with van der Waals surface area (Å²) in [4.78, 5) is 50.3. The maximum Gasteiger partial charge on any atom is 0.329 e. The minimum Gasteiger partial charge on any atom is -0.480 e. The van der Waals surface area contributed by atoms with Crippen molar-refractivity contribution in [3.05, 3.63) is 35.4 Å². The van der Waals surface area contributed by atoms with Crippen LogP contribution in [0.3, 0.4) is 0 Å². The van der Waals surface area contributed by atoms with E-state index in [1.54, 1.807) is 13.8 Å². The number of hydrogen-bond donors (Lipinski definition) is 3. The molecule has 1 aromatic carbocycles. The number of carboxylic acid groups (broad SMARTS) is 1. The van der Waals surface area contributed by atoms with Crippen LogP contribution < -0.4 is 10.6 Å². The normalized spacial score (nSPS) is 20.2. The Morgan fingerprint density at radius 3 is 2.53 bits per heavy atom. The molecule has 0 bridgehead atoms. The predicted octanol–water partition coefficient (Wildman–Crippen LogP) is 1.72. The van der Waals surface area contributed by atoms with E-state index in [4.69, 9.17) is 0 Å². The van der Waals surface area contributed by atoms with Crippen molar-refractivity contribution in [1.29, 1.82) is 0 Å². The fourth-order valence-electron chi connectivity index (χ4n) is 3.89. The quantitative estimate of drug-likeness (QED) is 0.529. The lowest BCUT2D eigenvalue weighted by Gasteiger charge is -2.27. The molecule has 1 aliphatic carbocycles. The first kappa shape index (κ1) is 23.6. The van der Waals surface area contributed by atoms with E-state index < -0.39 is 47.0 Å². The molecule has 1 aliphatic heterocycles. The van der Waals surface area contributed by atoms with Crippen LogP contribution in [0.25, 0.3) is 0 Å². The van der Waals surface area contributed by atoms with E-state index in [0.29, 0.717) is 19.3 Å². The van der Waals surface area contributed by atoms with Gasteiger partial charge < -0.3 is 20.6 Å². The Morgan fingerprint density at radius 2 is 1.94 bits per heavy atom. The third-order valence-corrected chi connectivity index (χ3v) is 6.03. The molecule has 3 amide bonds. The first-order chi connectivity index (χ1) is 15.0. The molecule has 1 saturated heterocycles. The Kier molecular flexibility index (Phi) is 6.80. The molecule has 10 heteroatoms. The molecule has 1 heterocycles. The number of carbonyl (C=O) groups excluding carboxylic acids is 3. The summed E-state index contributed by atoms with van der Waals surface area (Å²) in [7, 11) is 0. The molecule has 32 heavy (non-hydrogen) atoms. The Balaban J connectivity index is 1.63. The Morgan fingerprint density at radius 1 is 1.25 bits per heavy atom. The Bertz CT molecular complexity index is 932. The first-order valence-corrected chi connectivity index (χ1v) is 10.6. The summed E-state index contributed by atoms with van der Waals surface area (Å²) in [5.41, 5.74) is -1.24. The zero-order chi connectivity index (χ0) is 23.6. The monoisotopic (exact) mass is 451 g/mol. The minimum absolute atomic E-state index is 0.0218. The van der Waals surface area contributed by atoms with E-state index in [2.05, 4.69) is 10.6 Å². The molecule has 0 spiro atoms. The SMILES string of the molecule is CC(C)[C@H](NC(=O)C[C@@H]1CCC(=O)N1Cc1cccc(F)c1F)C(=O)NC1(C(=O)O)CC1. The fourth-order valence-corrected chi connectivity index (χ4v) is 3.89. The molecule has 1 aromatic rings. The first-order valence-electron chi connectivity index (χ1n) is 10.6. The number of halogens is 2. The number of carbonyl (C=O) groups is 4. The minimum atomic E-state index is -1.27. The van der Waals surface area contributed by atoms with Gasteiger partial charge in [0, 0.05) is 31.0 Å². The summed E-state index contributed by atoms with van der Waals surface area (Å²) in [5, 5.41) is 14.4. The van der Waals surface area contributed by atoms with Crippen molar-refractivity contribution >= 4 is 23.7 Å². The summed E-state index contributed by atoms with van der Waals surface area (Å²) < 4.78 is 27.5. The van der Waals surface area contributed by atoms with Gasteiger partial charge in [-0.3, -0.25) is 14.4 Å². The largest absolute Gasteiger partial charge is 0.480 e. The number of benzene rings is 1. The van der Waals surface area contributed by atoms with Crippen LogP contribution in [-0.4, -0.2) is 51.3 Å². The highest BCUT2D eigenvalue weighted by Crippen LogP contribution is 2.35. The maximum absolute atomic E-state index is 14.0. The number of aliphatic carboxylic acids is 1.